The van der Waals surface area contributed by atoms with Gasteiger partial charge < -0.3 is 14.5 Å². The van der Waals surface area contributed by atoms with Crippen LogP contribution in [0.1, 0.15) is 31.2 Å². The quantitative estimate of drug-likeness (QED) is 0.698. The van der Waals surface area contributed by atoms with Crippen LogP contribution in [0.4, 0.5) is 0 Å². The van der Waals surface area contributed by atoms with Gasteiger partial charge in [-0.3, -0.25) is 14.5 Å². The van der Waals surface area contributed by atoms with Crippen LogP contribution in [0.15, 0.2) is 24.3 Å². The second-order valence-electron chi connectivity index (χ2n) is 7.81. The maximum absolute atomic E-state index is 12.5. The summed E-state index contributed by atoms with van der Waals surface area (Å²) >= 11 is 1.66. The van der Waals surface area contributed by atoms with Crippen molar-refractivity contribution < 1.29 is 14.3 Å². The molecule has 2 aliphatic heterocycles. The fourth-order valence-corrected chi connectivity index (χ4v) is 5.02. The molecule has 0 aliphatic carbocycles. The van der Waals surface area contributed by atoms with E-state index in [2.05, 4.69) is 18.7 Å². The normalized spacial score (nSPS) is 20.9. The van der Waals surface area contributed by atoms with Crippen LogP contribution in [0.25, 0.3) is 0 Å². The molecule has 154 valence electrons. The highest BCUT2D eigenvalue weighted by molar-refractivity contribution is 8.00. The standard InChI is InChI=1S/C21H31N3O3S/c1-16(2)14-19(25)23-11-8-22(9-12-23)10-13-24-20(26)15-28-21(24)17-6-4-5-7-18(17)27-3/h4-7,16,21H,8-15H2,1-3H3/t21-/m1/s1. The highest BCUT2D eigenvalue weighted by Crippen LogP contribution is 2.42. The molecule has 28 heavy (non-hydrogen) atoms. The maximum Gasteiger partial charge on any atom is 0.233 e. The second kappa shape index (κ2) is 9.65. The smallest absolute Gasteiger partial charge is 0.233 e. The summed E-state index contributed by atoms with van der Waals surface area (Å²) in [4.78, 5) is 31.0. The number of benzene rings is 1. The number of hydrogen-bond acceptors (Lipinski definition) is 5. The lowest BCUT2D eigenvalue weighted by molar-refractivity contribution is -0.133. The summed E-state index contributed by atoms with van der Waals surface area (Å²) in [6.45, 7) is 9.01. The van der Waals surface area contributed by atoms with Crippen LogP contribution in [0.2, 0.25) is 0 Å². The molecule has 2 heterocycles. The summed E-state index contributed by atoms with van der Waals surface area (Å²) in [6.07, 6.45) is 0.625. The molecule has 6 nitrogen and oxygen atoms in total. The largest absolute Gasteiger partial charge is 0.496 e. The van der Waals surface area contributed by atoms with Crippen molar-refractivity contribution >= 4 is 23.6 Å². The molecular weight excluding hydrogens is 374 g/mol. The number of hydrogen-bond donors (Lipinski definition) is 0. The maximum atomic E-state index is 12.5. The van der Waals surface area contributed by atoms with Crippen LogP contribution in [0.3, 0.4) is 0 Å². The number of thioether (sulfide) groups is 1. The Bertz CT molecular complexity index is 689. The summed E-state index contributed by atoms with van der Waals surface area (Å²) in [7, 11) is 1.67. The fourth-order valence-electron chi connectivity index (χ4n) is 3.77. The molecule has 7 heteroatoms. The van der Waals surface area contributed by atoms with Gasteiger partial charge in [-0.1, -0.05) is 32.0 Å². The number of nitrogens with zero attached hydrogens (tertiary/aromatic N) is 3. The van der Waals surface area contributed by atoms with Gasteiger partial charge >= 0.3 is 0 Å². The molecule has 0 saturated carbocycles. The number of carbonyl (C=O) groups excluding carboxylic acids is 2. The molecule has 3 rings (SSSR count). The monoisotopic (exact) mass is 405 g/mol. The molecule has 0 N–H and O–H groups in total. The van der Waals surface area contributed by atoms with Gasteiger partial charge in [0.05, 0.1) is 12.9 Å². The minimum Gasteiger partial charge on any atom is -0.496 e. The SMILES string of the molecule is COc1ccccc1[C@H]1SCC(=O)N1CCN1CCN(C(=O)CC(C)C)CC1. The fraction of sp³-hybridized carbons (Fsp3) is 0.619. The first-order valence-corrected chi connectivity index (χ1v) is 11.1. The summed E-state index contributed by atoms with van der Waals surface area (Å²) in [5.74, 6) is 2.19. The van der Waals surface area contributed by atoms with Gasteiger partial charge in [-0.25, -0.2) is 0 Å². The van der Waals surface area contributed by atoms with Crippen LogP contribution in [0, 0.1) is 5.92 Å². The van der Waals surface area contributed by atoms with Gasteiger partial charge in [0.1, 0.15) is 11.1 Å². The van der Waals surface area contributed by atoms with Gasteiger partial charge in [-0.15, -0.1) is 11.8 Å². The van der Waals surface area contributed by atoms with Gasteiger partial charge in [0, 0.05) is 51.3 Å². The minimum absolute atomic E-state index is 0.0116. The summed E-state index contributed by atoms with van der Waals surface area (Å²) in [5, 5.41) is 0.0116. The Morgan fingerprint density at radius 3 is 2.57 bits per heavy atom. The number of amides is 2. The molecule has 0 radical (unpaired) electrons. The van der Waals surface area contributed by atoms with Crippen molar-refractivity contribution in [2.75, 3.05) is 52.1 Å². The lowest BCUT2D eigenvalue weighted by Crippen LogP contribution is -2.50. The Balaban J connectivity index is 1.54. The predicted octanol–water partition coefficient (Wildman–Crippen LogP) is 2.46. The van der Waals surface area contributed by atoms with Gasteiger partial charge in [0.15, 0.2) is 0 Å². The van der Waals surface area contributed by atoms with Crippen LogP contribution >= 0.6 is 11.8 Å². The molecule has 0 aromatic heterocycles. The lowest BCUT2D eigenvalue weighted by atomic mass is 10.1. The third-order valence-corrected chi connectivity index (χ3v) is 6.58. The first kappa shape index (κ1) is 21.0. The van der Waals surface area contributed by atoms with E-state index >= 15 is 0 Å². The van der Waals surface area contributed by atoms with E-state index in [1.165, 1.54) is 0 Å². The van der Waals surface area contributed by atoms with Crippen LogP contribution < -0.4 is 4.74 Å². The molecule has 2 aliphatic rings. The molecule has 0 bridgehead atoms. The first-order chi connectivity index (χ1) is 13.5. The van der Waals surface area contributed by atoms with E-state index < -0.39 is 0 Å². The van der Waals surface area contributed by atoms with Crippen LogP contribution in [-0.2, 0) is 9.59 Å². The first-order valence-electron chi connectivity index (χ1n) is 10.0. The average molecular weight is 406 g/mol. The zero-order chi connectivity index (χ0) is 20.1. The van der Waals surface area contributed by atoms with Crippen LogP contribution in [-0.4, -0.2) is 78.6 Å². The summed E-state index contributed by atoms with van der Waals surface area (Å²) < 4.78 is 5.50. The molecule has 2 amide bonds. The third-order valence-electron chi connectivity index (χ3n) is 5.34. The molecule has 0 unspecified atom stereocenters. The van der Waals surface area contributed by atoms with E-state index in [1.54, 1.807) is 18.9 Å². The van der Waals surface area contributed by atoms with Gasteiger partial charge in [0.25, 0.3) is 0 Å². The molecule has 2 fully saturated rings. The molecular formula is C21H31N3O3S. The second-order valence-corrected chi connectivity index (χ2v) is 8.88. The third kappa shape index (κ3) is 5.00. The number of rotatable bonds is 7. The van der Waals surface area contributed by atoms with Gasteiger partial charge in [-0.2, -0.15) is 0 Å². The lowest BCUT2D eigenvalue weighted by Gasteiger charge is -2.36. The summed E-state index contributed by atoms with van der Waals surface area (Å²) in [6, 6.07) is 7.94. The van der Waals surface area contributed by atoms with Crippen molar-refractivity contribution in [1.29, 1.82) is 0 Å². The van der Waals surface area contributed by atoms with Crippen molar-refractivity contribution in [1.82, 2.24) is 14.7 Å². The summed E-state index contributed by atoms with van der Waals surface area (Å²) in [5.41, 5.74) is 1.06. The zero-order valence-corrected chi connectivity index (χ0v) is 17.9. The van der Waals surface area contributed by atoms with Gasteiger partial charge in [-0.05, 0) is 12.0 Å². The highest BCUT2D eigenvalue weighted by atomic mass is 32.2. The van der Waals surface area contributed by atoms with Crippen molar-refractivity contribution in [3.63, 3.8) is 0 Å². The molecule has 1 atom stereocenters. The highest BCUT2D eigenvalue weighted by Gasteiger charge is 2.34. The Morgan fingerprint density at radius 2 is 1.89 bits per heavy atom. The van der Waals surface area contributed by atoms with E-state index in [4.69, 9.17) is 4.74 Å². The van der Waals surface area contributed by atoms with Crippen molar-refractivity contribution in [3.8, 4) is 5.75 Å². The number of ether oxygens (including phenoxy) is 1. The minimum atomic E-state index is 0.0116. The predicted molar refractivity (Wildman–Crippen MR) is 112 cm³/mol. The number of methoxy groups -OCH3 is 1. The average Bonchev–Trinajstić information content (AvgIpc) is 3.06. The van der Waals surface area contributed by atoms with E-state index in [0.717, 1.165) is 44.0 Å². The topological polar surface area (TPSA) is 53.1 Å². The number of para-hydroxylation sites is 1. The van der Waals surface area contributed by atoms with E-state index in [-0.39, 0.29) is 17.2 Å². The number of carbonyl (C=O) groups is 2. The number of piperazine rings is 1. The van der Waals surface area contributed by atoms with Crippen molar-refractivity contribution in [2.24, 2.45) is 5.92 Å². The molecule has 2 saturated heterocycles. The van der Waals surface area contributed by atoms with E-state index in [1.807, 2.05) is 34.1 Å². The Morgan fingerprint density at radius 1 is 1.18 bits per heavy atom. The Kier molecular flexibility index (Phi) is 7.24. The molecule has 1 aromatic rings. The van der Waals surface area contributed by atoms with Crippen molar-refractivity contribution in [2.45, 2.75) is 25.6 Å². The van der Waals surface area contributed by atoms with E-state index in [0.29, 0.717) is 24.6 Å². The Hall–Kier alpha value is -1.73. The van der Waals surface area contributed by atoms with Crippen LogP contribution in [0.5, 0.6) is 5.75 Å². The zero-order valence-electron chi connectivity index (χ0n) is 17.1. The van der Waals surface area contributed by atoms with Crippen molar-refractivity contribution in [3.05, 3.63) is 29.8 Å². The van der Waals surface area contributed by atoms with Gasteiger partial charge in [0.2, 0.25) is 11.8 Å². The molecule has 0 spiro atoms. The van der Waals surface area contributed by atoms with E-state index in [9.17, 15) is 9.59 Å². The molecule has 1 aromatic carbocycles. The Labute approximate surface area is 172 Å².